The third kappa shape index (κ3) is 3.23. The lowest BCUT2D eigenvalue weighted by Crippen LogP contribution is -2.56. The van der Waals surface area contributed by atoms with E-state index in [-0.39, 0.29) is 5.91 Å². The molecule has 1 fully saturated rings. The van der Waals surface area contributed by atoms with Gasteiger partial charge in [0.2, 0.25) is 0 Å². The molecule has 0 aromatic carbocycles. The van der Waals surface area contributed by atoms with Crippen molar-refractivity contribution in [2.24, 2.45) is 5.92 Å². The van der Waals surface area contributed by atoms with E-state index < -0.39 is 11.5 Å². The Balaban J connectivity index is 2.10. The van der Waals surface area contributed by atoms with E-state index in [0.29, 0.717) is 24.3 Å². The topological polar surface area (TPSA) is 66.4 Å². The van der Waals surface area contributed by atoms with E-state index in [9.17, 15) is 14.7 Å². The number of rotatable bonds is 4. The van der Waals surface area contributed by atoms with Crippen LogP contribution in [0.5, 0.6) is 0 Å². The van der Waals surface area contributed by atoms with E-state index in [1.165, 1.54) is 11.3 Å². The van der Waals surface area contributed by atoms with Gasteiger partial charge in [-0.2, -0.15) is 0 Å². The number of aliphatic carboxylic acids is 1. The molecule has 2 rings (SSSR count). The zero-order valence-electron chi connectivity index (χ0n) is 11.3. The molecule has 0 saturated heterocycles. The highest BCUT2D eigenvalue weighted by Gasteiger charge is 2.43. The van der Waals surface area contributed by atoms with Crippen molar-refractivity contribution in [1.29, 1.82) is 0 Å². The number of carboxylic acids is 1. The van der Waals surface area contributed by atoms with E-state index in [1.807, 2.05) is 0 Å². The molecule has 110 valence electrons. The largest absolute Gasteiger partial charge is 0.480 e. The highest BCUT2D eigenvalue weighted by atomic mass is 79.9. The van der Waals surface area contributed by atoms with Gasteiger partial charge in [0.05, 0.1) is 9.35 Å². The molecule has 0 aliphatic heterocycles. The number of thiophene rings is 1. The summed E-state index contributed by atoms with van der Waals surface area (Å²) >= 11 is 4.72. The average molecular weight is 360 g/mol. The van der Waals surface area contributed by atoms with Gasteiger partial charge >= 0.3 is 5.97 Å². The maximum absolute atomic E-state index is 12.2. The number of nitrogens with one attached hydrogen (secondary N) is 1. The van der Waals surface area contributed by atoms with Crippen LogP contribution in [-0.4, -0.2) is 22.5 Å². The van der Waals surface area contributed by atoms with E-state index in [4.69, 9.17) is 0 Å². The minimum Gasteiger partial charge on any atom is -0.480 e. The number of carboxylic acid groups (broad SMARTS) is 1. The second kappa shape index (κ2) is 6.26. The van der Waals surface area contributed by atoms with Crippen molar-refractivity contribution in [1.82, 2.24) is 5.32 Å². The molecule has 1 aromatic heterocycles. The first-order valence-corrected chi connectivity index (χ1v) is 8.44. The second-order valence-corrected chi connectivity index (χ2v) is 7.62. The summed E-state index contributed by atoms with van der Waals surface area (Å²) in [5.74, 6) is -0.645. The summed E-state index contributed by atoms with van der Waals surface area (Å²) in [6, 6.07) is 1.72. The summed E-state index contributed by atoms with van der Waals surface area (Å²) in [5, 5.41) is 14.0. The number of hydrogen-bond acceptors (Lipinski definition) is 3. The van der Waals surface area contributed by atoms with Gasteiger partial charge in [-0.25, -0.2) is 4.79 Å². The molecule has 2 N–H and O–H groups in total. The molecule has 0 radical (unpaired) electrons. The lowest BCUT2D eigenvalue weighted by atomic mass is 9.75. The Kier molecular flexibility index (Phi) is 4.86. The Morgan fingerprint density at radius 2 is 2.15 bits per heavy atom. The third-order valence-electron chi connectivity index (χ3n) is 4.13. The van der Waals surface area contributed by atoms with Crippen molar-refractivity contribution in [3.05, 3.63) is 20.8 Å². The van der Waals surface area contributed by atoms with Gasteiger partial charge in [0.25, 0.3) is 5.91 Å². The molecular weight excluding hydrogens is 342 g/mol. The minimum absolute atomic E-state index is 0.302. The first-order valence-electron chi connectivity index (χ1n) is 6.77. The fourth-order valence-corrected chi connectivity index (χ4v) is 3.83. The first kappa shape index (κ1) is 15.5. The van der Waals surface area contributed by atoms with Crippen LogP contribution >= 0.6 is 27.3 Å². The first-order chi connectivity index (χ1) is 9.47. The summed E-state index contributed by atoms with van der Waals surface area (Å²) in [6.45, 7) is 2.12. The van der Waals surface area contributed by atoms with Crippen molar-refractivity contribution in [3.8, 4) is 0 Å². The SMILES string of the molecule is CCC1CCC(NC(=O)c2csc(Br)c2)(C(=O)O)CC1. The lowest BCUT2D eigenvalue weighted by Gasteiger charge is -2.37. The fourth-order valence-electron chi connectivity index (χ4n) is 2.69. The van der Waals surface area contributed by atoms with E-state index in [2.05, 4.69) is 28.2 Å². The highest BCUT2D eigenvalue weighted by molar-refractivity contribution is 9.11. The zero-order valence-corrected chi connectivity index (χ0v) is 13.7. The van der Waals surface area contributed by atoms with Crippen molar-refractivity contribution >= 4 is 39.1 Å². The lowest BCUT2D eigenvalue weighted by molar-refractivity contribution is -0.146. The number of hydrogen-bond donors (Lipinski definition) is 2. The molecule has 6 heteroatoms. The number of carbonyl (C=O) groups excluding carboxylic acids is 1. The number of carbonyl (C=O) groups is 2. The highest BCUT2D eigenvalue weighted by Crippen LogP contribution is 2.34. The Hall–Kier alpha value is -0.880. The van der Waals surface area contributed by atoms with E-state index in [1.54, 1.807) is 11.4 Å². The van der Waals surface area contributed by atoms with Gasteiger partial charge in [-0.1, -0.05) is 13.3 Å². The summed E-state index contributed by atoms with van der Waals surface area (Å²) < 4.78 is 0.863. The van der Waals surface area contributed by atoms with Gasteiger partial charge in [0, 0.05) is 5.38 Å². The third-order valence-corrected chi connectivity index (χ3v) is 5.63. The molecule has 0 spiro atoms. The molecule has 1 aromatic rings. The van der Waals surface area contributed by atoms with E-state index >= 15 is 0 Å². The van der Waals surface area contributed by atoms with Gasteiger partial charge in [0.1, 0.15) is 5.54 Å². The number of amides is 1. The average Bonchev–Trinajstić information content (AvgIpc) is 2.86. The Labute approximate surface area is 130 Å². The van der Waals surface area contributed by atoms with Crippen LogP contribution in [0.3, 0.4) is 0 Å². The van der Waals surface area contributed by atoms with Crippen LogP contribution in [0, 0.1) is 5.92 Å². The smallest absolute Gasteiger partial charge is 0.329 e. The van der Waals surface area contributed by atoms with Crippen molar-refractivity contribution in [3.63, 3.8) is 0 Å². The molecule has 1 saturated carbocycles. The maximum atomic E-state index is 12.2. The molecule has 1 heterocycles. The van der Waals surface area contributed by atoms with Gasteiger partial charge < -0.3 is 10.4 Å². The molecule has 1 amide bonds. The fraction of sp³-hybridized carbons (Fsp3) is 0.571. The monoisotopic (exact) mass is 359 g/mol. The minimum atomic E-state index is -1.10. The van der Waals surface area contributed by atoms with Crippen LogP contribution in [0.25, 0.3) is 0 Å². The van der Waals surface area contributed by atoms with Crippen LogP contribution < -0.4 is 5.32 Å². The van der Waals surface area contributed by atoms with Gasteiger partial charge in [0.15, 0.2) is 0 Å². The normalized spacial score (nSPS) is 26.2. The predicted molar refractivity (Wildman–Crippen MR) is 82.1 cm³/mol. The molecule has 20 heavy (non-hydrogen) atoms. The van der Waals surface area contributed by atoms with Crippen LogP contribution in [0.1, 0.15) is 49.4 Å². The van der Waals surface area contributed by atoms with Crippen LogP contribution in [0.2, 0.25) is 0 Å². The standard InChI is InChI=1S/C14H18BrNO3S/c1-2-9-3-5-14(6-4-9,13(18)19)16-12(17)10-7-11(15)20-8-10/h7-9H,2-6H2,1H3,(H,16,17)(H,18,19). The zero-order chi connectivity index (χ0) is 14.8. The summed E-state index contributed by atoms with van der Waals surface area (Å²) in [5.41, 5.74) is -0.586. The van der Waals surface area contributed by atoms with Crippen molar-refractivity contribution in [2.45, 2.75) is 44.6 Å². The Morgan fingerprint density at radius 1 is 1.50 bits per heavy atom. The molecule has 4 nitrogen and oxygen atoms in total. The molecule has 0 unspecified atom stereocenters. The summed E-state index contributed by atoms with van der Waals surface area (Å²) in [7, 11) is 0. The van der Waals surface area contributed by atoms with Crippen LogP contribution in [0.4, 0.5) is 0 Å². The second-order valence-electron chi connectivity index (χ2n) is 5.33. The number of halogens is 1. The molecule has 1 aliphatic rings. The van der Waals surface area contributed by atoms with Gasteiger partial charge in [-0.15, -0.1) is 11.3 Å². The van der Waals surface area contributed by atoms with Crippen molar-refractivity contribution in [2.75, 3.05) is 0 Å². The Bertz CT molecular complexity index is 506. The van der Waals surface area contributed by atoms with Crippen LogP contribution in [-0.2, 0) is 4.79 Å². The molecule has 1 aliphatic carbocycles. The van der Waals surface area contributed by atoms with E-state index in [0.717, 1.165) is 23.0 Å². The van der Waals surface area contributed by atoms with Gasteiger partial charge in [-0.3, -0.25) is 4.79 Å². The molecule has 0 bridgehead atoms. The molecule has 0 atom stereocenters. The predicted octanol–water partition coefficient (Wildman–Crippen LogP) is 3.66. The molecular formula is C14H18BrNO3S. The van der Waals surface area contributed by atoms with Crippen LogP contribution in [0.15, 0.2) is 15.2 Å². The van der Waals surface area contributed by atoms with Gasteiger partial charge in [-0.05, 0) is 53.6 Å². The maximum Gasteiger partial charge on any atom is 0.329 e. The summed E-state index contributed by atoms with van der Waals surface area (Å²) in [6.07, 6.45) is 3.81. The van der Waals surface area contributed by atoms with Crippen molar-refractivity contribution < 1.29 is 14.7 Å². The Morgan fingerprint density at radius 3 is 2.60 bits per heavy atom. The quantitative estimate of drug-likeness (QED) is 0.861. The summed E-state index contributed by atoms with van der Waals surface area (Å²) in [4.78, 5) is 23.8.